The molecule has 110 valence electrons. The van der Waals surface area contributed by atoms with Crippen LogP contribution in [0.1, 0.15) is 11.5 Å². The Bertz CT molecular complexity index is 602. The highest BCUT2D eigenvalue weighted by Crippen LogP contribution is 2.09. The number of hydrogen-bond acceptors (Lipinski definition) is 3. The molecule has 1 aromatic carbocycles. The van der Waals surface area contributed by atoms with Crippen molar-refractivity contribution in [1.82, 2.24) is 4.90 Å². The summed E-state index contributed by atoms with van der Waals surface area (Å²) in [6.45, 7) is 2.85. The van der Waals surface area contributed by atoms with Crippen LogP contribution in [0.3, 0.4) is 0 Å². The molecule has 1 aromatic heterocycles. The fourth-order valence-corrected chi connectivity index (χ4v) is 1.75. The number of likely N-dealkylation sites (N-methyl/N-ethyl adjacent to an activating group) is 1. The maximum Gasteiger partial charge on any atom is 0.246 e. The molecule has 1 amide bonds. The third-order valence-electron chi connectivity index (χ3n) is 2.97. The largest absolute Gasteiger partial charge is 0.492 e. The number of nitrogens with zero attached hydrogens (tertiary/aromatic N) is 1. The zero-order chi connectivity index (χ0) is 15.1. The number of amides is 1. The molecule has 0 fully saturated rings. The zero-order valence-corrected chi connectivity index (χ0v) is 12.3. The molecule has 1 heterocycles. The van der Waals surface area contributed by atoms with Gasteiger partial charge in [-0.3, -0.25) is 4.79 Å². The molecule has 0 bridgehead atoms. The number of hydrogen-bond donors (Lipinski definition) is 0. The lowest BCUT2D eigenvalue weighted by molar-refractivity contribution is -0.125. The SMILES string of the molecule is Cc1ccc(/C=C/C(=O)N(C)CCOc2ccccc2)o1. The summed E-state index contributed by atoms with van der Waals surface area (Å²) >= 11 is 0. The molecule has 0 aliphatic rings. The summed E-state index contributed by atoms with van der Waals surface area (Å²) in [7, 11) is 1.74. The van der Waals surface area contributed by atoms with Crippen LogP contribution in [0.25, 0.3) is 6.08 Å². The maximum atomic E-state index is 11.9. The summed E-state index contributed by atoms with van der Waals surface area (Å²) in [5.74, 6) is 2.22. The lowest BCUT2D eigenvalue weighted by Gasteiger charge is -2.15. The first-order chi connectivity index (χ1) is 10.1. The van der Waals surface area contributed by atoms with Gasteiger partial charge in [-0.2, -0.15) is 0 Å². The van der Waals surface area contributed by atoms with Crippen LogP contribution in [0.4, 0.5) is 0 Å². The molecular weight excluding hydrogens is 266 g/mol. The van der Waals surface area contributed by atoms with Gasteiger partial charge in [0.25, 0.3) is 0 Å². The predicted molar refractivity (Wildman–Crippen MR) is 82.1 cm³/mol. The average Bonchev–Trinajstić information content (AvgIpc) is 2.91. The van der Waals surface area contributed by atoms with Crippen LogP contribution in [-0.2, 0) is 4.79 Å². The van der Waals surface area contributed by atoms with Crippen LogP contribution in [0, 0.1) is 6.92 Å². The second-order valence-electron chi connectivity index (χ2n) is 4.70. The van der Waals surface area contributed by atoms with Crippen molar-refractivity contribution >= 4 is 12.0 Å². The molecule has 21 heavy (non-hydrogen) atoms. The van der Waals surface area contributed by atoms with E-state index in [9.17, 15) is 4.79 Å². The van der Waals surface area contributed by atoms with E-state index in [1.165, 1.54) is 6.08 Å². The summed E-state index contributed by atoms with van der Waals surface area (Å²) in [4.78, 5) is 13.5. The molecule has 0 saturated carbocycles. The highest BCUT2D eigenvalue weighted by atomic mass is 16.5. The number of rotatable bonds is 6. The van der Waals surface area contributed by atoms with Gasteiger partial charge in [-0.15, -0.1) is 0 Å². The Balaban J connectivity index is 1.76. The van der Waals surface area contributed by atoms with Gasteiger partial charge in [-0.05, 0) is 37.3 Å². The first kappa shape index (κ1) is 14.9. The molecule has 0 saturated heterocycles. The van der Waals surface area contributed by atoms with E-state index in [1.807, 2.05) is 49.4 Å². The average molecular weight is 285 g/mol. The van der Waals surface area contributed by atoms with E-state index in [2.05, 4.69) is 0 Å². The van der Waals surface area contributed by atoms with Crippen molar-refractivity contribution in [1.29, 1.82) is 0 Å². The van der Waals surface area contributed by atoms with Crippen molar-refractivity contribution in [3.05, 3.63) is 60.1 Å². The summed E-state index contributed by atoms with van der Waals surface area (Å²) < 4.78 is 10.9. The number of para-hydroxylation sites is 1. The maximum absolute atomic E-state index is 11.9. The number of furan rings is 1. The summed E-state index contributed by atoms with van der Waals surface area (Å²) in [5.41, 5.74) is 0. The Labute approximate surface area is 124 Å². The smallest absolute Gasteiger partial charge is 0.246 e. The van der Waals surface area contributed by atoms with Crippen LogP contribution in [0.2, 0.25) is 0 Å². The van der Waals surface area contributed by atoms with Gasteiger partial charge in [0.15, 0.2) is 0 Å². The zero-order valence-electron chi connectivity index (χ0n) is 12.3. The third kappa shape index (κ3) is 4.84. The molecule has 0 aliphatic carbocycles. The summed E-state index contributed by atoms with van der Waals surface area (Å²) in [6, 6.07) is 13.2. The van der Waals surface area contributed by atoms with Crippen molar-refractivity contribution in [2.75, 3.05) is 20.2 Å². The molecule has 0 unspecified atom stereocenters. The highest BCUT2D eigenvalue weighted by Gasteiger charge is 2.05. The molecule has 0 spiro atoms. The molecule has 4 heteroatoms. The fraction of sp³-hybridized carbons (Fsp3) is 0.235. The minimum absolute atomic E-state index is 0.0827. The minimum Gasteiger partial charge on any atom is -0.492 e. The highest BCUT2D eigenvalue weighted by molar-refractivity contribution is 5.91. The van der Waals surface area contributed by atoms with Gasteiger partial charge in [0.1, 0.15) is 23.9 Å². The second kappa shape index (κ2) is 7.33. The van der Waals surface area contributed by atoms with Crippen LogP contribution in [-0.4, -0.2) is 31.0 Å². The van der Waals surface area contributed by atoms with E-state index < -0.39 is 0 Å². The van der Waals surface area contributed by atoms with Gasteiger partial charge < -0.3 is 14.1 Å². The lowest BCUT2D eigenvalue weighted by atomic mass is 10.3. The second-order valence-corrected chi connectivity index (χ2v) is 4.70. The fourth-order valence-electron chi connectivity index (χ4n) is 1.75. The third-order valence-corrected chi connectivity index (χ3v) is 2.97. The number of carbonyl (C=O) groups is 1. The summed E-state index contributed by atoms with van der Waals surface area (Å²) in [5, 5.41) is 0. The number of ether oxygens (including phenoxy) is 1. The number of carbonyl (C=O) groups excluding carboxylic acids is 1. The predicted octanol–water partition coefficient (Wildman–Crippen LogP) is 3.14. The van der Waals surface area contributed by atoms with Gasteiger partial charge in [-0.1, -0.05) is 18.2 Å². The minimum atomic E-state index is -0.0827. The van der Waals surface area contributed by atoms with Crippen LogP contribution in [0.15, 0.2) is 53.0 Å². The normalized spacial score (nSPS) is 10.8. The van der Waals surface area contributed by atoms with E-state index in [0.29, 0.717) is 18.9 Å². The quantitative estimate of drug-likeness (QED) is 0.766. The van der Waals surface area contributed by atoms with E-state index >= 15 is 0 Å². The standard InChI is InChI=1S/C17H19NO3/c1-14-8-9-16(21-14)10-11-17(19)18(2)12-13-20-15-6-4-3-5-7-15/h3-11H,12-13H2,1-2H3/b11-10+. The van der Waals surface area contributed by atoms with Gasteiger partial charge >= 0.3 is 0 Å². The Morgan fingerprint density at radius 3 is 2.67 bits per heavy atom. The lowest BCUT2D eigenvalue weighted by Crippen LogP contribution is -2.29. The Hall–Kier alpha value is -2.49. The van der Waals surface area contributed by atoms with Gasteiger partial charge in [-0.25, -0.2) is 0 Å². The van der Waals surface area contributed by atoms with E-state index in [-0.39, 0.29) is 5.91 Å². The number of benzene rings is 1. The molecule has 2 rings (SSSR count). The first-order valence-electron chi connectivity index (χ1n) is 6.82. The monoisotopic (exact) mass is 285 g/mol. The number of aryl methyl sites for hydroxylation is 1. The van der Waals surface area contributed by atoms with Crippen LogP contribution in [0.5, 0.6) is 5.75 Å². The molecular formula is C17H19NO3. The van der Waals surface area contributed by atoms with Gasteiger partial charge in [0, 0.05) is 13.1 Å². The van der Waals surface area contributed by atoms with Crippen molar-refractivity contribution < 1.29 is 13.9 Å². The van der Waals surface area contributed by atoms with E-state index in [4.69, 9.17) is 9.15 Å². The van der Waals surface area contributed by atoms with Crippen molar-refractivity contribution in [3.63, 3.8) is 0 Å². The molecule has 0 aliphatic heterocycles. The van der Waals surface area contributed by atoms with Gasteiger partial charge in [0.2, 0.25) is 5.91 Å². The molecule has 2 aromatic rings. The Kier molecular flexibility index (Phi) is 5.21. The van der Waals surface area contributed by atoms with Crippen LogP contribution < -0.4 is 4.74 Å². The van der Waals surface area contributed by atoms with Crippen molar-refractivity contribution in [3.8, 4) is 5.75 Å². The molecule has 0 atom stereocenters. The van der Waals surface area contributed by atoms with E-state index in [0.717, 1.165) is 11.5 Å². The Morgan fingerprint density at radius 2 is 2.00 bits per heavy atom. The van der Waals surface area contributed by atoms with E-state index in [1.54, 1.807) is 18.0 Å². The summed E-state index contributed by atoms with van der Waals surface area (Å²) in [6.07, 6.45) is 3.17. The molecule has 0 radical (unpaired) electrons. The molecule has 0 N–H and O–H groups in total. The first-order valence-corrected chi connectivity index (χ1v) is 6.82. The molecule has 4 nitrogen and oxygen atoms in total. The van der Waals surface area contributed by atoms with Crippen molar-refractivity contribution in [2.45, 2.75) is 6.92 Å². The van der Waals surface area contributed by atoms with Gasteiger partial charge in [0.05, 0.1) is 6.54 Å². The van der Waals surface area contributed by atoms with Crippen molar-refractivity contribution in [2.24, 2.45) is 0 Å². The Morgan fingerprint density at radius 1 is 1.24 bits per heavy atom. The topological polar surface area (TPSA) is 42.7 Å². The van der Waals surface area contributed by atoms with Crippen LogP contribution >= 0.6 is 0 Å².